The zero-order valence-corrected chi connectivity index (χ0v) is 14.5. The van der Waals surface area contributed by atoms with E-state index in [4.69, 9.17) is 0 Å². The maximum Gasteiger partial charge on any atom is 0.318 e. The van der Waals surface area contributed by atoms with E-state index in [0.717, 1.165) is 42.0 Å². The van der Waals surface area contributed by atoms with E-state index in [-0.39, 0.29) is 17.9 Å². The van der Waals surface area contributed by atoms with Gasteiger partial charge in [-0.3, -0.25) is 0 Å². The summed E-state index contributed by atoms with van der Waals surface area (Å²) in [6.07, 6.45) is 6.77. The first kappa shape index (κ1) is 16.6. The molecule has 0 bridgehead atoms. The summed E-state index contributed by atoms with van der Waals surface area (Å²) in [5.74, 6) is 0.726. The molecule has 1 aliphatic heterocycles. The number of hydrogen-bond acceptors (Lipinski definition) is 2. The van der Waals surface area contributed by atoms with Gasteiger partial charge >= 0.3 is 6.03 Å². The molecule has 1 aromatic carbocycles. The summed E-state index contributed by atoms with van der Waals surface area (Å²) >= 11 is 1.74. The van der Waals surface area contributed by atoms with E-state index in [2.05, 4.69) is 5.32 Å². The van der Waals surface area contributed by atoms with Crippen molar-refractivity contribution in [2.24, 2.45) is 0 Å². The molecule has 3 nitrogen and oxygen atoms in total. The van der Waals surface area contributed by atoms with Gasteiger partial charge in [-0.15, -0.1) is 11.8 Å². The molecule has 1 aliphatic carbocycles. The fraction of sp³-hybridized carbons (Fsp3) is 0.611. The number of hydrogen-bond donors (Lipinski definition) is 1. The van der Waals surface area contributed by atoms with Crippen LogP contribution in [0.5, 0.6) is 0 Å². The van der Waals surface area contributed by atoms with Crippen molar-refractivity contribution in [3.63, 3.8) is 0 Å². The van der Waals surface area contributed by atoms with E-state index in [1.165, 1.54) is 25.3 Å². The Morgan fingerprint density at radius 1 is 1.30 bits per heavy atom. The van der Waals surface area contributed by atoms with Gasteiger partial charge in [0.05, 0.1) is 6.04 Å². The van der Waals surface area contributed by atoms with Crippen LogP contribution in [0.25, 0.3) is 0 Å². The lowest BCUT2D eigenvalue weighted by Crippen LogP contribution is -2.48. The van der Waals surface area contributed by atoms with Crippen molar-refractivity contribution < 1.29 is 9.18 Å². The first-order valence-electron chi connectivity index (χ1n) is 8.68. The molecule has 1 saturated carbocycles. The van der Waals surface area contributed by atoms with Crippen LogP contribution >= 0.6 is 11.8 Å². The van der Waals surface area contributed by atoms with Crippen LogP contribution in [0.15, 0.2) is 23.1 Å². The smallest absolute Gasteiger partial charge is 0.318 e. The molecule has 1 unspecified atom stereocenters. The van der Waals surface area contributed by atoms with Crippen LogP contribution in [0.4, 0.5) is 9.18 Å². The number of rotatable bonds is 3. The van der Waals surface area contributed by atoms with E-state index in [1.807, 2.05) is 17.9 Å². The molecule has 1 atom stereocenters. The van der Waals surface area contributed by atoms with E-state index in [9.17, 15) is 9.18 Å². The molecule has 1 N–H and O–H groups in total. The number of amides is 2. The van der Waals surface area contributed by atoms with Crippen molar-refractivity contribution in [1.29, 1.82) is 0 Å². The number of thioether (sulfide) groups is 1. The Morgan fingerprint density at radius 2 is 2.09 bits per heavy atom. The summed E-state index contributed by atoms with van der Waals surface area (Å²) < 4.78 is 13.6. The number of fused-ring (bicyclic) bond motifs is 1. The highest BCUT2D eigenvalue weighted by Gasteiger charge is 2.28. The van der Waals surface area contributed by atoms with Crippen LogP contribution in [-0.2, 0) is 0 Å². The topological polar surface area (TPSA) is 32.3 Å². The van der Waals surface area contributed by atoms with Crippen molar-refractivity contribution in [3.8, 4) is 0 Å². The van der Waals surface area contributed by atoms with Crippen molar-refractivity contribution in [3.05, 3.63) is 29.6 Å². The largest absolute Gasteiger partial charge is 0.331 e. The molecule has 2 amide bonds. The third-order valence-electron chi connectivity index (χ3n) is 4.93. The third kappa shape index (κ3) is 3.82. The molecule has 2 aliphatic rings. The molecular weight excluding hydrogens is 311 g/mol. The number of nitrogens with one attached hydrogen (secondary N) is 1. The molecule has 1 aromatic rings. The van der Waals surface area contributed by atoms with Crippen molar-refractivity contribution in [2.75, 3.05) is 12.3 Å². The minimum absolute atomic E-state index is 0.00603. The fourth-order valence-electron chi connectivity index (χ4n) is 3.71. The predicted molar refractivity (Wildman–Crippen MR) is 92.3 cm³/mol. The average Bonchev–Trinajstić information content (AvgIpc) is 2.57. The van der Waals surface area contributed by atoms with Crippen molar-refractivity contribution in [1.82, 2.24) is 10.2 Å². The van der Waals surface area contributed by atoms with Gasteiger partial charge < -0.3 is 10.2 Å². The van der Waals surface area contributed by atoms with Gasteiger partial charge in [-0.05, 0) is 49.9 Å². The number of carbonyl (C=O) groups is 1. The zero-order valence-electron chi connectivity index (χ0n) is 13.7. The van der Waals surface area contributed by atoms with Crippen LogP contribution < -0.4 is 5.32 Å². The summed E-state index contributed by atoms with van der Waals surface area (Å²) in [7, 11) is 0. The predicted octanol–water partition coefficient (Wildman–Crippen LogP) is 4.73. The highest BCUT2D eigenvalue weighted by atomic mass is 32.2. The molecule has 0 saturated heterocycles. The summed E-state index contributed by atoms with van der Waals surface area (Å²) in [4.78, 5) is 15.8. The molecule has 23 heavy (non-hydrogen) atoms. The summed E-state index contributed by atoms with van der Waals surface area (Å²) in [6.45, 7) is 2.77. The van der Waals surface area contributed by atoms with E-state index in [1.54, 1.807) is 17.8 Å². The third-order valence-corrected chi connectivity index (χ3v) is 6.05. The zero-order chi connectivity index (χ0) is 16.2. The molecular formula is C18H25FN2OS. The van der Waals surface area contributed by atoms with Gasteiger partial charge in [0.25, 0.3) is 0 Å². The van der Waals surface area contributed by atoms with Crippen LogP contribution in [0.1, 0.15) is 57.1 Å². The van der Waals surface area contributed by atoms with Crippen LogP contribution in [0, 0.1) is 5.82 Å². The van der Waals surface area contributed by atoms with Gasteiger partial charge in [0.2, 0.25) is 0 Å². The van der Waals surface area contributed by atoms with Gasteiger partial charge in [0.15, 0.2) is 0 Å². The molecule has 5 heteroatoms. The maximum absolute atomic E-state index is 13.6. The number of nitrogens with zero attached hydrogens (tertiary/aromatic N) is 1. The minimum atomic E-state index is -0.231. The van der Waals surface area contributed by atoms with Gasteiger partial charge in [-0.2, -0.15) is 0 Å². The Morgan fingerprint density at radius 3 is 2.83 bits per heavy atom. The number of benzene rings is 1. The van der Waals surface area contributed by atoms with Gasteiger partial charge in [-0.1, -0.05) is 19.3 Å². The minimum Gasteiger partial charge on any atom is -0.331 e. The Balaban J connectivity index is 1.71. The second-order valence-corrected chi connectivity index (χ2v) is 7.54. The standard InChI is InChI=1S/C18H25FN2OS/c1-2-21(14-6-4-3-5-7-14)18(22)20-16-10-11-23-17-9-8-13(19)12-15(16)17/h8-9,12,14,16H,2-7,10-11H2,1H3,(H,20,22). The highest BCUT2D eigenvalue weighted by molar-refractivity contribution is 7.99. The first-order chi connectivity index (χ1) is 11.2. The van der Waals surface area contributed by atoms with Crippen LogP contribution in [0.3, 0.4) is 0 Å². The van der Waals surface area contributed by atoms with Crippen molar-refractivity contribution in [2.45, 2.75) is 62.4 Å². The average molecular weight is 336 g/mol. The highest BCUT2D eigenvalue weighted by Crippen LogP contribution is 2.36. The molecule has 0 spiro atoms. The SMILES string of the molecule is CCN(C(=O)NC1CCSc2ccc(F)cc21)C1CCCCC1. The summed E-state index contributed by atoms with van der Waals surface area (Å²) in [6, 6.07) is 5.18. The molecule has 0 radical (unpaired) electrons. The molecule has 1 heterocycles. The van der Waals surface area contributed by atoms with Gasteiger partial charge in [0.1, 0.15) is 5.82 Å². The Hall–Kier alpha value is -1.23. The van der Waals surface area contributed by atoms with E-state index in [0.29, 0.717) is 6.04 Å². The number of urea groups is 1. The number of halogens is 1. The normalized spacial score (nSPS) is 21.6. The lowest BCUT2D eigenvalue weighted by Gasteiger charge is -2.35. The molecule has 126 valence electrons. The maximum atomic E-state index is 13.6. The molecule has 3 rings (SSSR count). The summed E-state index contributed by atoms with van der Waals surface area (Å²) in [5, 5.41) is 3.16. The quantitative estimate of drug-likeness (QED) is 0.865. The van der Waals surface area contributed by atoms with Crippen molar-refractivity contribution >= 4 is 17.8 Å². The summed E-state index contributed by atoms with van der Waals surface area (Å²) in [5.41, 5.74) is 0.925. The van der Waals surface area contributed by atoms with E-state index < -0.39 is 0 Å². The van der Waals surface area contributed by atoms with Crippen LogP contribution in [0.2, 0.25) is 0 Å². The molecule has 1 fully saturated rings. The van der Waals surface area contributed by atoms with Crippen LogP contribution in [-0.4, -0.2) is 29.3 Å². The monoisotopic (exact) mass is 336 g/mol. The Bertz CT molecular complexity index is 560. The number of carbonyl (C=O) groups excluding carboxylic acids is 1. The van der Waals surface area contributed by atoms with Gasteiger partial charge in [-0.25, -0.2) is 9.18 Å². The van der Waals surface area contributed by atoms with Gasteiger partial charge in [0, 0.05) is 23.2 Å². The fourth-order valence-corrected chi connectivity index (χ4v) is 4.81. The van der Waals surface area contributed by atoms with E-state index >= 15 is 0 Å². The first-order valence-corrected chi connectivity index (χ1v) is 9.67. The Labute approximate surface area is 142 Å². The lowest BCUT2D eigenvalue weighted by molar-refractivity contribution is 0.156. The molecule has 0 aromatic heterocycles. The second kappa shape index (κ2) is 7.56. The lowest BCUT2D eigenvalue weighted by atomic mass is 9.94. The Kier molecular flexibility index (Phi) is 5.46. The second-order valence-electron chi connectivity index (χ2n) is 6.40.